The Morgan fingerprint density at radius 3 is 2.86 bits per heavy atom. The second kappa shape index (κ2) is 6.62. The van der Waals surface area contributed by atoms with E-state index in [1.165, 1.54) is 0 Å². The standard InChI is InChI=1S/C16H21N3O2S/c1-11-9-17-16(21-11)12(2)19-6-3-14(4-7-19)18-15(20)13-5-8-22-10-13/h5,8-10,12,14H,3-4,6-7H2,1-2H3,(H,18,20). The van der Waals surface area contributed by atoms with E-state index < -0.39 is 0 Å². The molecule has 3 heterocycles. The van der Waals surface area contributed by atoms with Crippen molar-refractivity contribution in [3.05, 3.63) is 40.2 Å². The van der Waals surface area contributed by atoms with Crippen molar-refractivity contribution in [3.63, 3.8) is 0 Å². The molecule has 2 aromatic heterocycles. The highest BCUT2D eigenvalue weighted by Crippen LogP contribution is 2.24. The lowest BCUT2D eigenvalue weighted by molar-refractivity contribution is 0.0885. The molecule has 22 heavy (non-hydrogen) atoms. The number of thiophene rings is 1. The van der Waals surface area contributed by atoms with Gasteiger partial charge in [-0.25, -0.2) is 4.98 Å². The van der Waals surface area contributed by atoms with E-state index in [1.54, 1.807) is 17.5 Å². The highest BCUT2D eigenvalue weighted by Gasteiger charge is 2.26. The van der Waals surface area contributed by atoms with Crippen LogP contribution in [0.25, 0.3) is 0 Å². The maximum absolute atomic E-state index is 12.1. The predicted octanol–water partition coefficient (Wildman–Crippen LogP) is 3.00. The largest absolute Gasteiger partial charge is 0.444 e. The van der Waals surface area contributed by atoms with Crippen molar-refractivity contribution in [1.82, 2.24) is 15.2 Å². The second-order valence-corrected chi connectivity index (χ2v) is 6.56. The lowest BCUT2D eigenvalue weighted by Crippen LogP contribution is -2.45. The van der Waals surface area contributed by atoms with Crippen LogP contribution in [0.4, 0.5) is 0 Å². The Bertz CT molecular complexity index is 615. The van der Waals surface area contributed by atoms with Crippen LogP contribution < -0.4 is 5.32 Å². The summed E-state index contributed by atoms with van der Waals surface area (Å²) in [5.41, 5.74) is 0.760. The summed E-state index contributed by atoms with van der Waals surface area (Å²) in [6, 6.07) is 2.30. The summed E-state index contributed by atoms with van der Waals surface area (Å²) in [4.78, 5) is 18.7. The molecule has 1 unspecified atom stereocenters. The zero-order valence-electron chi connectivity index (χ0n) is 12.9. The summed E-state index contributed by atoms with van der Waals surface area (Å²) in [6.07, 6.45) is 3.68. The van der Waals surface area contributed by atoms with E-state index in [4.69, 9.17) is 4.42 Å². The summed E-state index contributed by atoms with van der Waals surface area (Å²) in [7, 11) is 0. The Kier molecular flexibility index (Phi) is 4.59. The van der Waals surface area contributed by atoms with E-state index in [1.807, 2.05) is 23.8 Å². The van der Waals surface area contributed by atoms with Gasteiger partial charge in [-0.2, -0.15) is 11.3 Å². The Balaban J connectivity index is 1.51. The number of likely N-dealkylation sites (tertiary alicyclic amines) is 1. The average molecular weight is 319 g/mol. The van der Waals surface area contributed by atoms with Gasteiger partial charge in [0.1, 0.15) is 5.76 Å². The van der Waals surface area contributed by atoms with Crippen LogP contribution in [0.3, 0.4) is 0 Å². The van der Waals surface area contributed by atoms with Gasteiger partial charge in [-0.15, -0.1) is 0 Å². The van der Waals surface area contributed by atoms with Gasteiger partial charge in [0.2, 0.25) is 5.89 Å². The van der Waals surface area contributed by atoms with Crippen molar-refractivity contribution < 1.29 is 9.21 Å². The van der Waals surface area contributed by atoms with Gasteiger partial charge in [0.05, 0.1) is 12.2 Å². The Morgan fingerprint density at radius 2 is 2.27 bits per heavy atom. The summed E-state index contributed by atoms with van der Waals surface area (Å²) in [6.45, 7) is 5.92. The van der Waals surface area contributed by atoms with Crippen molar-refractivity contribution in [2.24, 2.45) is 0 Å². The van der Waals surface area contributed by atoms with Crippen molar-refractivity contribution >= 4 is 17.2 Å². The molecule has 1 amide bonds. The zero-order chi connectivity index (χ0) is 15.5. The van der Waals surface area contributed by atoms with Crippen molar-refractivity contribution in [2.75, 3.05) is 13.1 Å². The minimum absolute atomic E-state index is 0.0380. The number of oxazole rings is 1. The van der Waals surface area contributed by atoms with Crippen molar-refractivity contribution in [3.8, 4) is 0 Å². The molecule has 0 saturated carbocycles. The Morgan fingerprint density at radius 1 is 1.50 bits per heavy atom. The molecule has 1 aliphatic rings. The average Bonchev–Trinajstić information content (AvgIpc) is 3.18. The number of amides is 1. The highest BCUT2D eigenvalue weighted by molar-refractivity contribution is 7.08. The van der Waals surface area contributed by atoms with Crippen LogP contribution in [-0.4, -0.2) is 34.9 Å². The minimum atomic E-state index is 0.0380. The lowest BCUT2D eigenvalue weighted by atomic mass is 10.0. The third-order valence-electron chi connectivity index (χ3n) is 4.19. The van der Waals surface area contributed by atoms with Crippen LogP contribution in [-0.2, 0) is 0 Å². The van der Waals surface area contributed by atoms with Crippen LogP contribution in [0.5, 0.6) is 0 Å². The smallest absolute Gasteiger partial charge is 0.252 e. The summed E-state index contributed by atoms with van der Waals surface area (Å²) < 4.78 is 5.62. The first-order chi connectivity index (χ1) is 10.6. The van der Waals surface area contributed by atoms with Gasteiger partial charge in [-0.1, -0.05) is 0 Å². The number of aromatic nitrogens is 1. The number of aryl methyl sites for hydroxylation is 1. The quantitative estimate of drug-likeness (QED) is 0.941. The molecule has 1 N–H and O–H groups in total. The van der Waals surface area contributed by atoms with E-state index in [9.17, 15) is 4.79 Å². The van der Waals surface area contributed by atoms with Crippen LogP contribution in [0.1, 0.15) is 47.8 Å². The molecule has 0 aromatic carbocycles. The Labute approximate surface area is 134 Å². The van der Waals surface area contributed by atoms with Crippen LogP contribution in [0.15, 0.2) is 27.4 Å². The van der Waals surface area contributed by atoms with Crippen LogP contribution in [0.2, 0.25) is 0 Å². The molecular formula is C16H21N3O2S. The van der Waals surface area contributed by atoms with Crippen LogP contribution in [0, 0.1) is 6.92 Å². The number of hydrogen-bond acceptors (Lipinski definition) is 5. The number of hydrogen-bond donors (Lipinski definition) is 1. The molecule has 3 rings (SSSR count). The maximum Gasteiger partial charge on any atom is 0.252 e. The van der Waals surface area contributed by atoms with Gasteiger partial charge >= 0.3 is 0 Å². The van der Waals surface area contributed by atoms with E-state index in [0.717, 1.165) is 43.1 Å². The first kappa shape index (κ1) is 15.2. The number of nitrogens with zero attached hydrogens (tertiary/aromatic N) is 2. The molecule has 118 valence electrons. The second-order valence-electron chi connectivity index (χ2n) is 5.78. The fourth-order valence-electron chi connectivity index (χ4n) is 2.81. The predicted molar refractivity (Wildman–Crippen MR) is 86.0 cm³/mol. The number of carbonyl (C=O) groups is 1. The first-order valence-corrected chi connectivity index (χ1v) is 8.57. The van der Waals surface area contributed by atoms with E-state index in [0.29, 0.717) is 0 Å². The minimum Gasteiger partial charge on any atom is -0.444 e. The molecule has 1 fully saturated rings. The molecule has 0 bridgehead atoms. The monoisotopic (exact) mass is 319 g/mol. The van der Waals surface area contributed by atoms with Gasteiger partial charge in [-0.05, 0) is 38.1 Å². The Hall–Kier alpha value is -1.66. The van der Waals surface area contributed by atoms with Gasteiger partial charge in [-0.3, -0.25) is 9.69 Å². The molecule has 0 spiro atoms. The third kappa shape index (κ3) is 3.39. The highest BCUT2D eigenvalue weighted by atomic mass is 32.1. The fraction of sp³-hybridized carbons (Fsp3) is 0.500. The molecule has 1 atom stereocenters. The maximum atomic E-state index is 12.1. The normalized spacial score (nSPS) is 18.3. The summed E-state index contributed by atoms with van der Waals surface area (Å²) in [5, 5.41) is 6.94. The topological polar surface area (TPSA) is 58.4 Å². The van der Waals surface area contributed by atoms with Crippen molar-refractivity contribution in [2.45, 2.75) is 38.8 Å². The third-order valence-corrected chi connectivity index (χ3v) is 4.88. The summed E-state index contributed by atoms with van der Waals surface area (Å²) >= 11 is 1.55. The van der Waals surface area contributed by atoms with E-state index in [-0.39, 0.29) is 18.0 Å². The SMILES string of the molecule is Cc1cnc(C(C)N2CCC(NC(=O)c3ccsc3)CC2)o1. The van der Waals surface area contributed by atoms with Crippen molar-refractivity contribution in [1.29, 1.82) is 0 Å². The number of piperidine rings is 1. The van der Waals surface area contributed by atoms with Gasteiger partial charge in [0.25, 0.3) is 5.91 Å². The molecule has 6 heteroatoms. The first-order valence-electron chi connectivity index (χ1n) is 7.63. The lowest BCUT2D eigenvalue weighted by Gasteiger charge is -2.35. The number of carbonyl (C=O) groups excluding carboxylic acids is 1. The molecule has 1 aliphatic heterocycles. The molecule has 0 aliphatic carbocycles. The number of nitrogens with one attached hydrogen (secondary N) is 1. The zero-order valence-corrected chi connectivity index (χ0v) is 13.7. The number of rotatable bonds is 4. The summed E-state index contributed by atoms with van der Waals surface area (Å²) in [5.74, 6) is 1.66. The molecule has 1 saturated heterocycles. The van der Waals surface area contributed by atoms with E-state index >= 15 is 0 Å². The molecular weight excluding hydrogens is 298 g/mol. The molecule has 0 radical (unpaired) electrons. The van der Waals surface area contributed by atoms with E-state index in [2.05, 4.69) is 22.1 Å². The van der Waals surface area contributed by atoms with Gasteiger partial charge < -0.3 is 9.73 Å². The van der Waals surface area contributed by atoms with Crippen LogP contribution >= 0.6 is 11.3 Å². The molecule has 5 nitrogen and oxygen atoms in total. The van der Waals surface area contributed by atoms with Gasteiger partial charge in [0.15, 0.2) is 0 Å². The fourth-order valence-corrected chi connectivity index (χ4v) is 3.45. The van der Waals surface area contributed by atoms with Gasteiger partial charge in [0, 0.05) is 30.1 Å². The molecule has 2 aromatic rings.